The summed E-state index contributed by atoms with van der Waals surface area (Å²) in [5.74, 6) is 0. The van der Waals surface area contributed by atoms with E-state index in [1.807, 2.05) is 20.8 Å². The van der Waals surface area contributed by atoms with Gasteiger partial charge in [0.25, 0.3) is 0 Å². The highest BCUT2D eigenvalue weighted by Gasteiger charge is 2.24. The summed E-state index contributed by atoms with van der Waals surface area (Å²) in [4.78, 5) is 11.9. The van der Waals surface area contributed by atoms with E-state index in [0.29, 0.717) is 0 Å². The van der Waals surface area contributed by atoms with Crippen LogP contribution in [0.15, 0.2) is 9.85 Å². The minimum absolute atomic E-state index is 0.363. The first-order valence-electron chi connectivity index (χ1n) is 3.69. The van der Waals surface area contributed by atoms with Crippen molar-refractivity contribution < 1.29 is 4.79 Å². The van der Waals surface area contributed by atoms with Gasteiger partial charge in [0.05, 0.1) is 5.41 Å². The molecule has 0 radical (unpaired) electrons. The third-order valence-electron chi connectivity index (χ3n) is 1.78. The molecule has 0 aliphatic rings. The van der Waals surface area contributed by atoms with E-state index in [2.05, 4.69) is 21.3 Å². The lowest BCUT2D eigenvalue weighted by atomic mass is 9.93. The highest BCUT2D eigenvalue weighted by molar-refractivity contribution is 9.10. The topological polar surface area (TPSA) is 17.1 Å². The predicted octanol–water partition coefficient (Wildman–Crippen LogP) is 3.30. The fourth-order valence-corrected chi connectivity index (χ4v) is 3.00. The van der Waals surface area contributed by atoms with Crippen molar-refractivity contribution in [3.63, 3.8) is 0 Å². The van der Waals surface area contributed by atoms with Gasteiger partial charge < -0.3 is 4.79 Å². The Labute approximate surface area is 84.9 Å². The van der Waals surface area contributed by atoms with Gasteiger partial charge in [-0.1, -0.05) is 0 Å². The van der Waals surface area contributed by atoms with Crippen molar-refractivity contribution in [1.29, 1.82) is 0 Å². The summed E-state index contributed by atoms with van der Waals surface area (Å²) in [6.45, 7) is 5.89. The van der Waals surface area contributed by atoms with Gasteiger partial charge in [0.15, 0.2) is 0 Å². The Morgan fingerprint density at radius 2 is 2.17 bits per heavy atom. The third kappa shape index (κ3) is 1.62. The number of aldehydes is 1. The first-order valence-corrected chi connectivity index (χ1v) is 5.36. The maximum absolute atomic E-state index is 10.8. The van der Waals surface area contributed by atoms with Crippen LogP contribution in [-0.4, -0.2) is 6.29 Å². The SMILES string of the molecule is Cc1csc(C(C)(C)C=O)c1Br. The molecular formula is C9H11BrOS. The van der Waals surface area contributed by atoms with Crippen molar-refractivity contribution in [1.82, 2.24) is 0 Å². The molecule has 0 aliphatic heterocycles. The number of thiophene rings is 1. The molecule has 66 valence electrons. The van der Waals surface area contributed by atoms with Crippen LogP contribution >= 0.6 is 27.3 Å². The van der Waals surface area contributed by atoms with Crippen LogP contribution in [0.2, 0.25) is 0 Å². The Morgan fingerprint density at radius 3 is 2.50 bits per heavy atom. The Hall–Kier alpha value is -0.150. The predicted molar refractivity (Wildman–Crippen MR) is 55.8 cm³/mol. The van der Waals surface area contributed by atoms with Crippen LogP contribution in [0, 0.1) is 6.92 Å². The Balaban J connectivity index is 3.19. The smallest absolute Gasteiger partial charge is 0.130 e. The maximum atomic E-state index is 10.8. The van der Waals surface area contributed by atoms with E-state index < -0.39 is 0 Å². The summed E-state index contributed by atoms with van der Waals surface area (Å²) in [5.41, 5.74) is 0.836. The molecule has 12 heavy (non-hydrogen) atoms. The number of hydrogen-bond donors (Lipinski definition) is 0. The number of aryl methyl sites for hydroxylation is 1. The molecule has 0 bridgehead atoms. The van der Waals surface area contributed by atoms with Crippen LogP contribution in [-0.2, 0) is 10.2 Å². The number of carbonyl (C=O) groups excluding carboxylic acids is 1. The van der Waals surface area contributed by atoms with Crippen LogP contribution in [0.25, 0.3) is 0 Å². The molecule has 0 spiro atoms. The van der Waals surface area contributed by atoms with E-state index in [1.54, 1.807) is 11.3 Å². The lowest BCUT2D eigenvalue weighted by Gasteiger charge is -2.15. The van der Waals surface area contributed by atoms with Gasteiger partial charge in [-0.05, 0) is 47.6 Å². The number of hydrogen-bond acceptors (Lipinski definition) is 2. The standard InChI is InChI=1S/C9H11BrOS/c1-6-4-12-8(7(6)10)9(2,3)5-11/h4-5H,1-3H3. The molecule has 1 nitrogen and oxygen atoms in total. The van der Waals surface area contributed by atoms with Crippen LogP contribution in [0.5, 0.6) is 0 Å². The summed E-state index contributed by atoms with van der Waals surface area (Å²) in [6, 6.07) is 0. The third-order valence-corrected chi connectivity index (χ3v) is 4.50. The Bertz CT molecular complexity index is 301. The molecular weight excluding hydrogens is 236 g/mol. The zero-order chi connectivity index (χ0) is 9.35. The lowest BCUT2D eigenvalue weighted by molar-refractivity contribution is -0.111. The second kappa shape index (κ2) is 3.30. The summed E-state index contributed by atoms with van der Waals surface area (Å²) >= 11 is 5.11. The Kier molecular flexibility index (Phi) is 2.74. The number of carbonyl (C=O) groups is 1. The minimum atomic E-state index is -0.363. The van der Waals surface area contributed by atoms with E-state index >= 15 is 0 Å². The molecule has 0 saturated heterocycles. The second-order valence-electron chi connectivity index (χ2n) is 3.40. The molecule has 1 heterocycles. The van der Waals surface area contributed by atoms with E-state index in [9.17, 15) is 4.79 Å². The molecule has 0 atom stereocenters. The van der Waals surface area contributed by atoms with Gasteiger partial charge in [0, 0.05) is 9.35 Å². The summed E-state index contributed by atoms with van der Waals surface area (Å²) in [5, 5.41) is 2.06. The van der Waals surface area contributed by atoms with E-state index in [4.69, 9.17) is 0 Å². The first-order chi connectivity index (χ1) is 5.49. The van der Waals surface area contributed by atoms with Crippen LogP contribution < -0.4 is 0 Å². The number of halogens is 1. The molecule has 1 rings (SSSR count). The highest BCUT2D eigenvalue weighted by Crippen LogP contribution is 2.36. The normalized spacial score (nSPS) is 11.7. The first kappa shape index (κ1) is 9.93. The van der Waals surface area contributed by atoms with Gasteiger partial charge in [-0.2, -0.15) is 0 Å². The zero-order valence-corrected chi connectivity index (χ0v) is 9.75. The minimum Gasteiger partial charge on any atom is -0.302 e. The molecule has 0 N–H and O–H groups in total. The van der Waals surface area contributed by atoms with Crippen molar-refractivity contribution >= 4 is 33.6 Å². The average Bonchev–Trinajstić information content (AvgIpc) is 2.33. The van der Waals surface area contributed by atoms with Gasteiger partial charge in [0.2, 0.25) is 0 Å². The molecule has 1 aromatic rings. The largest absolute Gasteiger partial charge is 0.302 e. The Morgan fingerprint density at radius 1 is 1.58 bits per heavy atom. The van der Waals surface area contributed by atoms with E-state index in [-0.39, 0.29) is 5.41 Å². The summed E-state index contributed by atoms with van der Waals surface area (Å²) in [7, 11) is 0. The maximum Gasteiger partial charge on any atom is 0.130 e. The van der Waals surface area contributed by atoms with Crippen LogP contribution in [0.4, 0.5) is 0 Å². The average molecular weight is 247 g/mol. The molecule has 0 unspecified atom stereocenters. The quantitative estimate of drug-likeness (QED) is 0.733. The second-order valence-corrected chi connectivity index (χ2v) is 5.07. The van der Waals surface area contributed by atoms with Gasteiger partial charge in [-0.3, -0.25) is 0 Å². The lowest BCUT2D eigenvalue weighted by Crippen LogP contribution is -2.17. The molecule has 0 saturated carbocycles. The monoisotopic (exact) mass is 246 g/mol. The highest BCUT2D eigenvalue weighted by atomic mass is 79.9. The van der Waals surface area contributed by atoms with Crippen molar-refractivity contribution in [3.8, 4) is 0 Å². The molecule has 0 aromatic carbocycles. The molecule has 0 aliphatic carbocycles. The zero-order valence-electron chi connectivity index (χ0n) is 7.35. The summed E-state index contributed by atoms with van der Waals surface area (Å²) < 4.78 is 1.07. The molecule has 3 heteroatoms. The van der Waals surface area contributed by atoms with Crippen molar-refractivity contribution in [2.75, 3.05) is 0 Å². The molecule has 1 aromatic heterocycles. The van der Waals surface area contributed by atoms with Crippen LogP contribution in [0.1, 0.15) is 24.3 Å². The summed E-state index contributed by atoms with van der Waals surface area (Å²) in [6.07, 6.45) is 0.989. The van der Waals surface area contributed by atoms with Crippen LogP contribution in [0.3, 0.4) is 0 Å². The van der Waals surface area contributed by atoms with E-state index in [1.165, 1.54) is 5.56 Å². The van der Waals surface area contributed by atoms with Crippen molar-refractivity contribution in [3.05, 3.63) is 20.3 Å². The fraction of sp³-hybridized carbons (Fsp3) is 0.444. The van der Waals surface area contributed by atoms with Gasteiger partial charge in [-0.25, -0.2) is 0 Å². The van der Waals surface area contributed by atoms with Gasteiger partial charge >= 0.3 is 0 Å². The molecule has 0 fully saturated rings. The van der Waals surface area contributed by atoms with Gasteiger partial charge in [0.1, 0.15) is 6.29 Å². The fourth-order valence-electron chi connectivity index (χ4n) is 0.918. The van der Waals surface area contributed by atoms with Crippen molar-refractivity contribution in [2.45, 2.75) is 26.2 Å². The van der Waals surface area contributed by atoms with E-state index in [0.717, 1.165) is 15.6 Å². The number of rotatable bonds is 2. The van der Waals surface area contributed by atoms with Crippen molar-refractivity contribution in [2.24, 2.45) is 0 Å². The van der Waals surface area contributed by atoms with Gasteiger partial charge in [-0.15, -0.1) is 11.3 Å². The molecule has 0 amide bonds.